The molecule has 0 aliphatic carbocycles. The van der Waals surface area contributed by atoms with Gasteiger partial charge in [0.15, 0.2) is 0 Å². The van der Waals surface area contributed by atoms with Gasteiger partial charge < -0.3 is 9.88 Å². The molecule has 0 aromatic carbocycles. The van der Waals surface area contributed by atoms with Crippen LogP contribution in [0.5, 0.6) is 0 Å². The van der Waals surface area contributed by atoms with Crippen LogP contribution < -0.4 is 5.32 Å². The van der Waals surface area contributed by atoms with Crippen molar-refractivity contribution in [3.63, 3.8) is 0 Å². The second-order valence-electron chi connectivity index (χ2n) is 3.18. The highest BCUT2D eigenvalue weighted by atomic mass is 32.1. The number of hydrogen-bond donors (Lipinski definition) is 1. The first-order chi connectivity index (χ1) is 6.86. The summed E-state index contributed by atoms with van der Waals surface area (Å²) in [6.45, 7) is 1.80. The third kappa shape index (κ3) is 2.21. The number of nitrogens with zero attached hydrogens (tertiary/aromatic N) is 2. The Kier molecular flexibility index (Phi) is 2.96. The molecule has 0 unspecified atom stereocenters. The summed E-state index contributed by atoms with van der Waals surface area (Å²) < 4.78 is 2.03. The minimum absolute atomic E-state index is 0.869. The van der Waals surface area contributed by atoms with Crippen LogP contribution in [-0.4, -0.2) is 9.55 Å². The van der Waals surface area contributed by atoms with E-state index >= 15 is 0 Å². The van der Waals surface area contributed by atoms with Crippen LogP contribution in [0.3, 0.4) is 0 Å². The number of aryl methyl sites for hydroxylation is 1. The molecule has 0 spiro atoms. The molecule has 0 amide bonds. The molecule has 0 aliphatic rings. The van der Waals surface area contributed by atoms with E-state index in [4.69, 9.17) is 0 Å². The summed E-state index contributed by atoms with van der Waals surface area (Å²) in [6.07, 6.45) is 3.71. The number of thiophene rings is 1. The van der Waals surface area contributed by atoms with Gasteiger partial charge in [0, 0.05) is 31.2 Å². The molecule has 4 heteroatoms. The molecule has 2 aromatic rings. The zero-order valence-electron chi connectivity index (χ0n) is 8.10. The molecule has 0 saturated carbocycles. The maximum atomic E-state index is 4.06. The molecule has 1 N–H and O–H groups in total. The predicted octanol–water partition coefficient (Wildman–Crippen LogP) is 1.77. The van der Waals surface area contributed by atoms with Crippen LogP contribution in [0.4, 0.5) is 0 Å². The second-order valence-corrected chi connectivity index (χ2v) is 4.21. The van der Waals surface area contributed by atoms with E-state index in [9.17, 15) is 0 Å². The van der Waals surface area contributed by atoms with Crippen molar-refractivity contribution >= 4 is 11.3 Å². The van der Waals surface area contributed by atoms with Crippen LogP contribution in [0, 0.1) is 0 Å². The van der Waals surface area contributed by atoms with E-state index in [1.807, 2.05) is 24.1 Å². The van der Waals surface area contributed by atoms with Gasteiger partial charge in [-0.15, -0.1) is 11.3 Å². The fourth-order valence-electron chi connectivity index (χ4n) is 1.28. The van der Waals surface area contributed by atoms with Crippen molar-refractivity contribution in [2.24, 2.45) is 7.05 Å². The molecule has 0 bridgehead atoms. The van der Waals surface area contributed by atoms with Crippen LogP contribution in [0.25, 0.3) is 0 Å². The van der Waals surface area contributed by atoms with Gasteiger partial charge in [0.25, 0.3) is 0 Å². The van der Waals surface area contributed by atoms with Gasteiger partial charge in [-0.3, -0.25) is 0 Å². The lowest BCUT2D eigenvalue weighted by atomic mass is 10.4. The Morgan fingerprint density at radius 1 is 1.50 bits per heavy atom. The molecule has 14 heavy (non-hydrogen) atoms. The summed E-state index contributed by atoms with van der Waals surface area (Å²) in [5, 5.41) is 5.48. The lowest BCUT2D eigenvalue weighted by Crippen LogP contribution is -2.13. The van der Waals surface area contributed by atoms with E-state index in [2.05, 4.69) is 27.8 Å². The summed E-state index contributed by atoms with van der Waals surface area (Å²) >= 11 is 1.78. The van der Waals surface area contributed by atoms with Gasteiger partial charge in [-0.05, 0) is 11.4 Å². The summed E-state index contributed by atoms with van der Waals surface area (Å²) in [4.78, 5) is 5.43. The first-order valence-electron chi connectivity index (χ1n) is 4.54. The van der Waals surface area contributed by atoms with Gasteiger partial charge in [-0.1, -0.05) is 6.07 Å². The summed E-state index contributed by atoms with van der Waals surface area (Å²) in [5.41, 5.74) is 1.21. The standard InChI is InChI=1S/C10H13N3S/c1-13-8-12-6-9(13)5-11-7-10-3-2-4-14-10/h2-4,6,8,11H,5,7H2,1H3. The molecule has 2 heterocycles. The highest BCUT2D eigenvalue weighted by Gasteiger charge is 1.97. The SMILES string of the molecule is Cn1cncc1CNCc1cccs1. The number of nitrogens with one attached hydrogen (secondary N) is 1. The average molecular weight is 207 g/mol. The molecule has 0 aliphatic heterocycles. The van der Waals surface area contributed by atoms with Crippen LogP contribution in [0.1, 0.15) is 10.6 Å². The molecule has 2 aromatic heterocycles. The molecular formula is C10H13N3S. The Bertz CT molecular complexity index is 378. The van der Waals surface area contributed by atoms with Crippen molar-refractivity contribution in [2.45, 2.75) is 13.1 Å². The zero-order chi connectivity index (χ0) is 9.80. The van der Waals surface area contributed by atoms with E-state index in [0.29, 0.717) is 0 Å². The smallest absolute Gasteiger partial charge is 0.0945 e. The number of aromatic nitrogens is 2. The van der Waals surface area contributed by atoms with Gasteiger partial charge >= 0.3 is 0 Å². The van der Waals surface area contributed by atoms with E-state index in [0.717, 1.165) is 13.1 Å². The fraction of sp³-hybridized carbons (Fsp3) is 0.300. The van der Waals surface area contributed by atoms with E-state index in [1.54, 1.807) is 11.3 Å². The van der Waals surface area contributed by atoms with Crippen molar-refractivity contribution in [2.75, 3.05) is 0 Å². The predicted molar refractivity (Wildman–Crippen MR) is 58.1 cm³/mol. The largest absolute Gasteiger partial charge is 0.337 e. The Labute approximate surface area is 87.4 Å². The van der Waals surface area contributed by atoms with Gasteiger partial charge in [-0.25, -0.2) is 4.98 Å². The number of rotatable bonds is 4. The van der Waals surface area contributed by atoms with Crippen LogP contribution in [-0.2, 0) is 20.1 Å². The van der Waals surface area contributed by atoms with Crippen LogP contribution in [0.2, 0.25) is 0 Å². The first kappa shape index (κ1) is 9.43. The monoisotopic (exact) mass is 207 g/mol. The maximum absolute atomic E-state index is 4.06. The Balaban J connectivity index is 1.81. The van der Waals surface area contributed by atoms with Crippen molar-refractivity contribution in [1.29, 1.82) is 0 Å². The van der Waals surface area contributed by atoms with E-state index in [-0.39, 0.29) is 0 Å². The Morgan fingerprint density at radius 3 is 3.07 bits per heavy atom. The molecular weight excluding hydrogens is 194 g/mol. The van der Waals surface area contributed by atoms with E-state index in [1.165, 1.54) is 10.6 Å². The fourth-order valence-corrected chi connectivity index (χ4v) is 1.96. The molecule has 2 rings (SSSR count). The normalized spacial score (nSPS) is 10.6. The summed E-state index contributed by atoms with van der Waals surface area (Å²) in [6, 6.07) is 4.21. The molecule has 0 atom stereocenters. The minimum Gasteiger partial charge on any atom is -0.337 e. The Morgan fingerprint density at radius 2 is 2.43 bits per heavy atom. The Hall–Kier alpha value is -1.13. The first-order valence-corrected chi connectivity index (χ1v) is 5.42. The number of hydrogen-bond acceptors (Lipinski definition) is 3. The van der Waals surface area contributed by atoms with Crippen LogP contribution >= 0.6 is 11.3 Å². The van der Waals surface area contributed by atoms with Crippen molar-refractivity contribution in [3.05, 3.63) is 40.6 Å². The second kappa shape index (κ2) is 4.39. The number of imidazole rings is 1. The minimum atomic E-state index is 0.869. The maximum Gasteiger partial charge on any atom is 0.0945 e. The van der Waals surface area contributed by atoms with Crippen LogP contribution in [0.15, 0.2) is 30.0 Å². The van der Waals surface area contributed by atoms with Gasteiger partial charge in [0.05, 0.1) is 12.0 Å². The molecule has 0 saturated heterocycles. The topological polar surface area (TPSA) is 29.9 Å². The lowest BCUT2D eigenvalue weighted by molar-refractivity contribution is 0.660. The summed E-state index contributed by atoms with van der Waals surface area (Å²) in [7, 11) is 2.01. The third-order valence-corrected chi connectivity index (χ3v) is 2.98. The summed E-state index contributed by atoms with van der Waals surface area (Å²) in [5.74, 6) is 0. The van der Waals surface area contributed by atoms with E-state index < -0.39 is 0 Å². The van der Waals surface area contributed by atoms with Crippen molar-refractivity contribution in [3.8, 4) is 0 Å². The lowest BCUT2D eigenvalue weighted by Gasteiger charge is -2.03. The van der Waals surface area contributed by atoms with Gasteiger partial charge in [0.2, 0.25) is 0 Å². The zero-order valence-corrected chi connectivity index (χ0v) is 8.92. The quantitative estimate of drug-likeness (QED) is 0.828. The molecule has 74 valence electrons. The van der Waals surface area contributed by atoms with Crippen molar-refractivity contribution < 1.29 is 0 Å². The van der Waals surface area contributed by atoms with Gasteiger partial charge in [0.1, 0.15) is 0 Å². The van der Waals surface area contributed by atoms with Crippen molar-refractivity contribution in [1.82, 2.24) is 14.9 Å². The van der Waals surface area contributed by atoms with Gasteiger partial charge in [-0.2, -0.15) is 0 Å². The molecule has 0 radical (unpaired) electrons. The third-order valence-electron chi connectivity index (χ3n) is 2.10. The highest BCUT2D eigenvalue weighted by Crippen LogP contribution is 2.07. The average Bonchev–Trinajstić information content (AvgIpc) is 2.78. The molecule has 3 nitrogen and oxygen atoms in total. The molecule has 0 fully saturated rings. The highest BCUT2D eigenvalue weighted by molar-refractivity contribution is 7.09.